The van der Waals surface area contributed by atoms with Gasteiger partial charge in [-0.3, -0.25) is 4.79 Å². The van der Waals surface area contributed by atoms with Crippen molar-refractivity contribution in [1.29, 1.82) is 0 Å². The first-order valence-corrected chi connectivity index (χ1v) is 9.67. The standard InChI is InChI=1S/C17H22ClN5OS/c1-11-6-12(2)9-22(8-11)15(24)10-25-17-21-20-16(23(17)19)13-4-3-5-14(18)7-13/h3-5,7,11-12H,6,8-10,19H2,1-2H3/t11-,12-/m1/s1. The lowest BCUT2D eigenvalue weighted by molar-refractivity contribution is -0.130. The van der Waals surface area contributed by atoms with Crippen LogP contribution in [-0.4, -0.2) is 44.5 Å². The molecule has 2 heterocycles. The highest BCUT2D eigenvalue weighted by atomic mass is 35.5. The van der Waals surface area contributed by atoms with Gasteiger partial charge in [-0.1, -0.05) is 49.3 Å². The van der Waals surface area contributed by atoms with Crippen LogP contribution in [0.2, 0.25) is 5.02 Å². The van der Waals surface area contributed by atoms with E-state index < -0.39 is 0 Å². The number of benzene rings is 1. The Morgan fingerprint density at radius 1 is 1.32 bits per heavy atom. The lowest BCUT2D eigenvalue weighted by Crippen LogP contribution is -2.43. The summed E-state index contributed by atoms with van der Waals surface area (Å²) in [6, 6.07) is 7.28. The Labute approximate surface area is 156 Å². The van der Waals surface area contributed by atoms with Crippen molar-refractivity contribution >= 4 is 29.3 Å². The molecule has 1 aliphatic rings. The summed E-state index contributed by atoms with van der Waals surface area (Å²) in [5.41, 5.74) is 0.791. The van der Waals surface area contributed by atoms with Gasteiger partial charge in [0.15, 0.2) is 5.82 Å². The summed E-state index contributed by atoms with van der Waals surface area (Å²) >= 11 is 7.32. The van der Waals surface area contributed by atoms with Crippen LogP contribution in [0.25, 0.3) is 11.4 Å². The quantitative estimate of drug-likeness (QED) is 0.652. The number of thioether (sulfide) groups is 1. The Kier molecular flexibility index (Phi) is 5.54. The maximum Gasteiger partial charge on any atom is 0.233 e. The summed E-state index contributed by atoms with van der Waals surface area (Å²) in [6.45, 7) is 6.04. The number of nitrogens with two attached hydrogens (primary N) is 1. The summed E-state index contributed by atoms with van der Waals surface area (Å²) in [4.78, 5) is 14.4. The predicted octanol–water partition coefficient (Wildman–Crippen LogP) is 2.91. The van der Waals surface area contributed by atoms with Gasteiger partial charge in [0.2, 0.25) is 11.1 Å². The molecular weight excluding hydrogens is 358 g/mol. The Morgan fingerprint density at radius 3 is 2.72 bits per heavy atom. The molecule has 1 saturated heterocycles. The third-order valence-corrected chi connectivity index (χ3v) is 5.46. The maximum atomic E-state index is 12.5. The summed E-state index contributed by atoms with van der Waals surface area (Å²) in [5, 5.41) is 9.36. The van der Waals surface area contributed by atoms with Gasteiger partial charge in [-0.15, -0.1) is 10.2 Å². The SMILES string of the molecule is C[C@@H]1C[C@@H](C)CN(C(=O)CSc2nnc(-c3cccc(Cl)c3)n2N)C1. The number of aromatic nitrogens is 3. The molecule has 1 amide bonds. The van der Waals surface area contributed by atoms with Gasteiger partial charge >= 0.3 is 0 Å². The third kappa shape index (κ3) is 4.27. The van der Waals surface area contributed by atoms with Crippen molar-refractivity contribution in [2.45, 2.75) is 25.4 Å². The second kappa shape index (κ2) is 7.66. The highest BCUT2D eigenvalue weighted by Gasteiger charge is 2.25. The zero-order chi connectivity index (χ0) is 18.0. The first kappa shape index (κ1) is 18.1. The first-order chi connectivity index (χ1) is 11.9. The molecule has 1 aromatic carbocycles. The average Bonchev–Trinajstić information content (AvgIpc) is 2.92. The fraction of sp³-hybridized carbons (Fsp3) is 0.471. The van der Waals surface area contributed by atoms with E-state index in [1.54, 1.807) is 12.1 Å². The van der Waals surface area contributed by atoms with Crippen LogP contribution in [0.4, 0.5) is 0 Å². The number of likely N-dealkylation sites (tertiary alicyclic amines) is 1. The van der Waals surface area contributed by atoms with E-state index in [0.29, 0.717) is 33.6 Å². The highest BCUT2D eigenvalue weighted by Crippen LogP contribution is 2.25. The van der Waals surface area contributed by atoms with Crippen LogP contribution in [0.1, 0.15) is 20.3 Å². The van der Waals surface area contributed by atoms with Crippen molar-refractivity contribution in [1.82, 2.24) is 19.8 Å². The molecule has 1 aromatic heterocycles. The minimum atomic E-state index is 0.121. The van der Waals surface area contributed by atoms with Gasteiger partial charge in [0.25, 0.3) is 0 Å². The van der Waals surface area contributed by atoms with E-state index in [1.165, 1.54) is 22.9 Å². The number of halogens is 1. The molecule has 0 unspecified atom stereocenters. The van der Waals surface area contributed by atoms with E-state index >= 15 is 0 Å². The van der Waals surface area contributed by atoms with E-state index in [-0.39, 0.29) is 5.91 Å². The van der Waals surface area contributed by atoms with Crippen molar-refractivity contribution in [3.8, 4) is 11.4 Å². The van der Waals surface area contributed by atoms with Gasteiger partial charge in [0, 0.05) is 23.7 Å². The Balaban J connectivity index is 1.65. The van der Waals surface area contributed by atoms with Gasteiger partial charge in [-0.05, 0) is 30.4 Å². The number of carbonyl (C=O) groups excluding carboxylic acids is 1. The monoisotopic (exact) mass is 379 g/mol. The van der Waals surface area contributed by atoms with E-state index in [2.05, 4.69) is 24.0 Å². The number of carbonyl (C=O) groups is 1. The molecule has 3 rings (SSSR count). The number of hydrogen-bond donors (Lipinski definition) is 1. The predicted molar refractivity (Wildman–Crippen MR) is 101 cm³/mol. The average molecular weight is 380 g/mol. The summed E-state index contributed by atoms with van der Waals surface area (Å²) in [6.07, 6.45) is 1.18. The molecule has 0 bridgehead atoms. The number of rotatable bonds is 4. The second-order valence-electron chi connectivity index (χ2n) is 6.72. The number of piperidine rings is 1. The summed E-state index contributed by atoms with van der Waals surface area (Å²) < 4.78 is 1.41. The van der Waals surface area contributed by atoms with Gasteiger partial charge < -0.3 is 10.7 Å². The zero-order valence-corrected chi connectivity index (χ0v) is 15.9. The van der Waals surface area contributed by atoms with Crippen molar-refractivity contribution in [3.63, 3.8) is 0 Å². The Bertz CT molecular complexity index is 755. The molecule has 0 spiro atoms. The molecule has 25 heavy (non-hydrogen) atoms. The fourth-order valence-corrected chi connectivity index (χ4v) is 4.23. The summed E-state index contributed by atoms with van der Waals surface area (Å²) in [7, 11) is 0. The van der Waals surface area contributed by atoms with Gasteiger partial charge in [-0.25, -0.2) is 4.68 Å². The largest absolute Gasteiger partial charge is 0.341 e. The number of nitrogen functional groups attached to an aromatic ring is 1. The molecule has 6 nitrogen and oxygen atoms in total. The fourth-order valence-electron chi connectivity index (χ4n) is 3.28. The van der Waals surface area contributed by atoms with Gasteiger partial charge in [0.1, 0.15) is 0 Å². The molecule has 8 heteroatoms. The van der Waals surface area contributed by atoms with Crippen LogP contribution in [0.15, 0.2) is 29.4 Å². The van der Waals surface area contributed by atoms with Crippen LogP contribution >= 0.6 is 23.4 Å². The molecule has 134 valence electrons. The molecule has 1 aliphatic heterocycles. The minimum absolute atomic E-state index is 0.121. The molecule has 1 fully saturated rings. The number of hydrogen-bond acceptors (Lipinski definition) is 5. The van der Waals surface area contributed by atoms with Crippen LogP contribution in [-0.2, 0) is 4.79 Å². The lowest BCUT2D eigenvalue weighted by atomic mass is 9.92. The topological polar surface area (TPSA) is 77.0 Å². The van der Waals surface area contributed by atoms with Gasteiger partial charge in [0.05, 0.1) is 5.75 Å². The molecular formula is C17H22ClN5OS. The minimum Gasteiger partial charge on any atom is -0.341 e. The van der Waals surface area contributed by atoms with Crippen LogP contribution in [0.3, 0.4) is 0 Å². The molecule has 0 saturated carbocycles. The van der Waals surface area contributed by atoms with Gasteiger partial charge in [-0.2, -0.15) is 0 Å². The number of nitrogens with zero attached hydrogens (tertiary/aromatic N) is 4. The maximum absolute atomic E-state index is 12.5. The molecule has 2 aromatic rings. The van der Waals surface area contributed by atoms with E-state index in [0.717, 1.165) is 18.7 Å². The van der Waals surface area contributed by atoms with Crippen LogP contribution in [0.5, 0.6) is 0 Å². The highest BCUT2D eigenvalue weighted by molar-refractivity contribution is 7.99. The van der Waals surface area contributed by atoms with E-state index in [9.17, 15) is 4.79 Å². The van der Waals surface area contributed by atoms with E-state index in [4.69, 9.17) is 17.4 Å². The third-order valence-electron chi connectivity index (χ3n) is 4.29. The van der Waals surface area contributed by atoms with Crippen LogP contribution in [0, 0.1) is 11.8 Å². The first-order valence-electron chi connectivity index (χ1n) is 8.31. The van der Waals surface area contributed by atoms with Crippen molar-refractivity contribution < 1.29 is 4.79 Å². The smallest absolute Gasteiger partial charge is 0.233 e. The molecule has 0 aliphatic carbocycles. The van der Waals surface area contributed by atoms with Crippen molar-refractivity contribution in [2.75, 3.05) is 24.7 Å². The van der Waals surface area contributed by atoms with Crippen molar-refractivity contribution in [3.05, 3.63) is 29.3 Å². The van der Waals surface area contributed by atoms with Crippen molar-refractivity contribution in [2.24, 2.45) is 11.8 Å². The zero-order valence-electron chi connectivity index (χ0n) is 14.4. The Hall–Kier alpha value is -1.73. The van der Waals surface area contributed by atoms with Crippen LogP contribution < -0.4 is 5.84 Å². The summed E-state index contributed by atoms with van der Waals surface area (Å²) in [5.74, 6) is 8.15. The second-order valence-corrected chi connectivity index (χ2v) is 8.10. The molecule has 2 atom stereocenters. The molecule has 2 N–H and O–H groups in total. The molecule has 0 radical (unpaired) electrons. The number of amides is 1. The van der Waals surface area contributed by atoms with E-state index in [1.807, 2.05) is 17.0 Å². The lowest BCUT2D eigenvalue weighted by Gasteiger charge is -2.34. The Morgan fingerprint density at radius 2 is 2.04 bits per heavy atom. The normalized spacial score (nSPS) is 20.7.